The van der Waals surface area contributed by atoms with E-state index in [4.69, 9.17) is 0 Å². The van der Waals surface area contributed by atoms with Gasteiger partial charge in [-0.2, -0.15) is 0 Å². The summed E-state index contributed by atoms with van der Waals surface area (Å²) < 4.78 is 0. The van der Waals surface area contributed by atoms with Crippen LogP contribution < -0.4 is 10.6 Å². The van der Waals surface area contributed by atoms with E-state index in [1.54, 1.807) is 0 Å². The second-order valence-corrected chi connectivity index (χ2v) is 7.62. The molecule has 2 aromatic carbocycles. The maximum atomic E-state index is 12.8. The number of nitrogens with one attached hydrogen (secondary N) is 2. The van der Waals surface area contributed by atoms with Gasteiger partial charge < -0.3 is 10.6 Å². The van der Waals surface area contributed by atoms with Gasteiger partial charge in [0.05, 0.1) is 0 Å². The van der Waals surface area contributed by atoms with Crippen LogP contribution in [0, 0.1) is 25.7 Å². The number of hydrogen-bond donors (Lipinski definition) is 2. The van der Waals surface area contributed by atoms with Crippen molar-refractivity contribution in [3.05, 3.63) is 59.7 Å². The van der Waals surface area contributed by atoms with Crippen LogP contribution in [-0.4, -0.2) is 11.8 Å². The maximum Gasteiger partial charge on any atom is 0.227 e. The summed E-state index contributed by atoms with van der Waals surface area (Å²) in [6.45, 7) is 4.04. The fourth-order valence-electron chi connectivity index (χ4n) is 3.76. The quantitative estimate of drug-likeness (QED) is 0.777. The number of aryl methyl sites for hydroxylation is 2. The summed E-state index contributed by atoms with van der Waals surface area (Å²) >= 11 is 0. The maximum absolute atomic E-state index is 12.8. The first-order valence-electron chi connectivity index (χ1n) is 9.75. The predicted octanol–water partition coefficient (Wildman–Crippen LogP) is 5.08. The summed E-state index contributed by atoms with van der Waals surface area (Å²) in [6.07, 6.45) is 4.28. The molecule has 142 valence electrons. The smallest absolute Gasteiger partial charge is 0.227 e. The normalized spacial score (nSPS) is 19.3. The molecule has 2 amide bonds. The van der Waals surface area contributed by atoms with Gasteiger partial charge in [-0.15, -0.1) is 0 Å². The van der Waals surface area contributed by atoms with Gasteiger partial charge in [0.2, 0.25) is 11.8 Å². The van der Waals surface area contributed by atoms with Gasteiger partial charge in [0.1, 0.15) is 0 Å². The van der Waals surface area contributed by atoms with E-state index >= 15 is 0 Å². The van der Waals surface area contributed by atoms with Gasteiger partial charge >= 0.3 is 0 Å². The number of benzene rings is 2. The van der Waals surface area contributed by atoms with Crippen LogP contribution in [0.15, 0.2) is 48.5 Å². The van der Waals surface area contributed by atoms with Crippen molar-refractivity contribution in [1.29, 1.82) is 0 Å². The van der Waals surface area contributed by atoms with Crippen LogP contribution in [0.5, 0.6) is 0 Å². The van der Waals surface area contributed by atoms with Crippen molar-refractivity contribution in [2.24, 2.45) is 11.8 Å². The zero-order valence-electron chi connectivity index (χ0n) is 16.1. The van der Waals surface area contributed by atoms with Crippen molar-refractivity contribution in [3.8, 4) is 0 Å². The Morgan fingerprint density at radius 3 is 1.93 bits per heavy atom. The molecule has 0 bridgehead atoms. The molecular weight excluding hydrogens is 336 g/mol. The fourth-order valence-corrected chi connectivity index (χ4v) is 3.76. The van der Waals surface area contributed by atoms with E-state index in [0.717, 1.165) is 48.2 Å². The third kappa shape index (κ3) is 5.43. The minimum atomic E-state index is -0.108. The minimum Gasteiger partial charge on any atom is -0.326 e. The number of hydrogen-bond acceptors (Lipinski definition) is 2. The third-order valence-corrected chi connectivity index (χ3v) is 5.35. The molecule has 2 N–H and O–H groups in total. The van der Waals surface area contributed by atoms with Crippen molar-refractivity contribution in [3.63, 3.8) is 0 Å². The van der Waals surface area contributed by atoms with E-state index in [9.17, 15) is 9.59 Å². The Morgan fingerprint density at radius 2 is 1.33 bits per heavy atom. The van der Waals surface area contributed by atoms with E-state index in [-0.39, 0.29) is 23.7 Å². The van der Waals surface area contributed by atoms with Crippen LogP contribution in [-0.2, 0) is 9.59 Å². The summed E-state index contributed by atoms with van der Waals surface area (Å²) in [7, 11) is 0. The first kappa shape index (κ1) is 19.2. The van der Waals surface area contributed by atoms with E-state index in [1.165, 1.54) is 0 Å². The lowest BCUT2D eigenvalue weighted by atomic mass is 9.76. The van der Waals surface area contributed by atoms with Crippen molar-refractivity contribution in [1.82, 2.24) is 0 Å². The molecule has 2 atom stereocenters. The van der Waals surface area contributed by atoms with Gasteiger partial charge in [-0.1, -0.05) is 48.2 Å². The molecular formula is C23H28N2O2. The second-order valence-electron chi connectivity index (χ2n) is 7.62. The van der Waals surface area contributed by atoms with E-state index in [1.807, 2.05) is 62.4 Å². The summed E-state index contributed by atoms with van der Waals surface area (Å²) in [6, 6.07) is 15.6. The molecule has 2 aromatic rings. The standard InChI is InChI=1S/C23H28N2O2/c1-16-7-11-19(12-8-16)24-22(26)15-18-5-3-4-6-21(18)23(27)25-20-13-9-17(2)10-14-20/h7-14,18,21H,3-6,15H2,1-2H3,(H,24,26)(H,25,27). The van der Waals surface area contributed by atoms with Crippen molar-refractivity contribution in [2.75, 3.05) is 10.6 Å². The zero-order chi connectivity index (χ0) is 19.2. The molecule has 3 rings (SSSR count). The van der Waals surface area contributed by atoms with Gasteiger partial charge in [-0.3, -0.25) is 9.59 Å². The third-order valence-electron chi connectivity index (χ3n) is 5.35. The molecule has 0 aliphatic heterocycles. The van der Waals surface area contributed by atoms with Crippen LogP contribution in [0.2, 0.25) is 0 Å². The molecule has 0 saturated heterocycles. The van der Waals surface area contributed by atoms with Gasteiger partial charge in [0.25, 0.3) is 0 Å². The lowest BCUT2D eigenvalue weighted by Crippen LogP contribution is -2.34. The van der Waals surface area contributed by atoms with Crippen LogP contribution in [0.4, 0.5) is 11.4 Å². The molecule has 0 radical (unpaired) electrons. The summed E-state index contributed by atoms with van der Waals surface area (Å²) in [5.74, 6) is 0.00375. The van der Waals surface area contributed by atoms with Crippen LogP contribution in [0.3, 0.4) is 0 Å². The Morgan fingerprint density at radius 1 is 0.815 bits per heavy atom. The molecule has 4 heteroatoms. The molecule has 0 aromatic heterocycles. The Hall–Kier alpha value is -2.62. The number of amides is 2. The highest BCUT2D eigenvalue weighted by atomic mass is 16.2. The Bertz CT molecular complexity index is 781. The largest absolute Gasteiger partial charge is 0.326 e. The van der Waals surface area contributed by atoms with Crippen LogP contribution >= 0.6 is 0 Å². The van der Waals surface area contributed by atoms with Crippen molar-refractivity contribution >= 4 is 23.2 Å². The first-order valence-corrected chi connectivity index (χ1v) is 9.75. The minimum absolute atomic E-state index is 0.0149. The topological polar surface area (TPSA) is 58.2 Å². The van der Waals surface area contributed by atoms with E-state index in [2.05, 4.69) is 10.6 Å². The number of anilines is 2. The summed E-state index contributed by atoms with van der Waals surface area (Å²) in [5, 5.41) is 5.99. The SMILES string of the molecule is Cc1ccc(NC(=O)CC2CCCCC2C(=O)Nc2ccc(C)cc2)cc1. The fraction of sp³-hybridized carbons (Fsp3) is 0.391. The Kier molecular flexibility index (Phi) is 6.28. The molecule has 1 aliphatic rings. The predicted molar refractivity (Wildman–Crippen MR) is 110 cm³/mol. The number of rotatable bonds is 5. The molecule has 1 aliphatic carbocycles. The molecule has 1 saturated carbocycles. The zero-order valence-corrected chi connectivity index (χ0v) is 16.1. The second kappa shape index (κ2) is 8.85. The first-order chi connectivity index (χ1) is 13.0. The number of carbonyl (C=O) groups excluding carboxylic acids is 2. The Labute approximate surface area is 161 Å². The summed E-state index contributed by atoms with van der Waals surface area (Å²) in [4.78, 5) is 25.3. The highest BCUT2D eigenvalue weighted by Gasteiger charge is 2.32. The van der Waals surface area contributed by atoms with Crippen molar-refractivity contribution in [2.45, 2.75) is 46.0 Å². The highest BCUT2D eigenvalue weighted by molar-refractivity contribution is 5.94. The lowest BCUT2D eigenvalue weighted by molar-refractivity contribution is -0.124. The van der Waals surface area contributed by atoms with Gasteiger partial charge in [0.15, 0.2) is 0 Å². The molecule has 0 spiro atoms. The molecule has 1 fully saturated rings. The van der Waals surface area contributed by atoms with Crippen molar-refractivity contribution < 1.29 is 9.59 Å². The molecule has 2 unspecified atom stereocenters. The molecule has 27 heavy (non-hydrogen) atoms. The van der Waals surface area contributed by atoms with E-state index in [0.29, 0.717) is 6.42 Å². The highest BCUT2D eigenvalue weighted by Crippen LogP contribution is 2.33. The van der Waals surface area contributed by atoms with Gasteiger partial charge in [-0.05, 0) is 56.9 Å². The van der Waals surface area contributed by atoms with Gasteiger partial charge in [-0.25, -0.2) is 0 Å². The summed E-state index contributed by atoms with van der Waals surface area (Å²) in [5.41, 5.74) is 3.95. The molecule has 0 heterocycles. The van der Waals surface area contributed by atoms with Crippen LogP contribution in [0.1, 0.15) is 43.2 Å². The lowest BCUT2D eigenvalue weighted by Gasteiger charge is -2.30. The average Bonchev–Trinajstić information content (AvgIpc) is 2.66. The van der Waals surface area contributed by atoms with Crippen LogP contribution in [0.25, 0.3) is 0 Å². The monoisotopic (exact) mass is 364 g/mol. The number of carbonyl (C=O) groups is 2. The average molecular weight is 364 g/mol. The van der Waals surface area contributed by atoms with E-state index < -0.39 is 0 Å². The van der Waals surface area contributed by atoms with Gasteiger partial charge in [0, 0.05) is 23.7 Å². The molecule has 4 nitrogen and oxygen atoms in total. The Balaban J connectivity index is 1.60.